The number of amides is 2. The zero-order chi connectivity index (χ0) is 15.8. The molecule has 2 rings (SSSR count). The predicted octanol–water partition coefficient (Wildman–Crippen LogP) is 1.69. The summed E-state index contributed by atoms with van der Waals surface area (Å²) in [6.45, 7) is 4.28. The van der Waals surface area contributed by atoms with E-state index in [4.69, 9.17) is 0 Å². The molecule has 1 aromatic carbocycles. The maximum atomic E-state index is 11.8. The third-order valence-corrected chi connectivity index (χ3v) is 3.95. The van der Waals surface area contributed by atoms with Crippen molar-refractivity contribution in [2.45, 2.75) is 32.6 Å². The minimum atomic E-state index is -0.0718. The van der Waals surface area contributed by atoms with Crippen LogP contribution in [0.3, 0.4) is 0 Å². The van der Waals surface area contributed by atoms with E-state index in [0.717, 1.165) is 37.2 Å². The monoisotopic (exact) mass is 303 g/mol. The Morgan fingerprint density at radius 2 is 2.05 bits per heavy atom. The van der Waals surface area contributed by atoms with Crippen LogP contribution in [0.4, 0.5) is 5.69 Å². The molecule has 0 bridgehead atoms. The first-order valence-electron chi connectivity index (χ1n) is 7.97. The van der Waals surface area contributed by atoms with Gasteiger partial charge >= 0.3 is 0 Å². The molecular weight excluding hydrogens is 278 g/mol. The largest absolute Gasteiger partial charge is 0.356 e. The van der Waals surface area contributed by atoms with E-state index in [1.165, 1.54) is 13.3 Å². The van der Waals surface area contributed by atoms with Crippen molar-refractivity contribution in [2.24, 2.45) is 5.92 Å². The Balaban J connectivity index is 1.62. The number of hydrogen-bond acceptors (Lipinski definition) is 3. The van der Waals surface area contributed by atoms with Gasteiger partial charge in [-0.1, -0.05) is 12.1 Å². The normalized spacial score (nSPS) is 17.2. The fourth-order valence-electron chi connectivity index (χ4n) is 2.69. The van der Waals surface area contributed by atoms with Crippen molar-refractivity contribution in [3.8, 4) is 0 Å². The Kier molecular flexibility index (Phi) is 6.40. The van der Waals surface area contributed by atoms with E-state index in [9.17, 15) is 9.59 Å². The SMILES string of the molecule is CC(=O)Nc1ccc(CCNC(=O)CCC2CCNC2)cc1. The van der Waals surface area contributed by atoms with Gasteiger partial charge in [0.05, 0.1) is 0 Å². The van der Waals surface area contributed by atoms with Gasteiger partial charge in [-0.3, -0.25) is 9.59 Å². The van der Waals surface area contributed by atoms with Gasteiger partial charge in [-0.25, -0.2) is 0 Å². The number of hydrogen-bond donors (Lipinski definition) is 3. The molecule has 0 saturated carbocycles. The standard InChI is InChI=1S/C17H25N3O2/c1-13(21)20-16-5-2-14(3-6-16)9-11-19-17(22)7-4-15-8-10-18-12-15/h2-3,5-6,15,18H,4,7-12H2,1H3,(H,19,22)(H,20,21). The maximum Gasteiger partial charge on any atom is 0.221 e. The molecule has 22 heavy (non-hydrogen) atoms. The fourth-order valence-corrected chi connectivity index (χ4v) is 2.69. The Hall–Kier alpha value is -1.88. The zero-order valence-corrected chi connectivity index (χ0v) is 13.2. The Morgan fingerprint density at radius 3 is 2.68 bits per heavy atom. The summed E-state index contributed by atoms with van der Waals surface area (Å²) in [4.78, 5) is 22.7. The van der Waals surface area contributed by atoms with Crippen LogP contribution in [0.25, 0.3) is 0 Å². The molecular formula is C17H25N3O2. The first kappa shape index (κ1) is 16.5. The average Bonchev–Trinajstić information content (AvgIpc) is 3.00. The van der Waals surface area contributed by atoms with Crippen molar-refractivity contribution >= 4 is 17.5 Å². The number of rotatable bonds is 7. The van der Waals surface area contributed by atoms with Gasteiger partial charge in [0.2, 0.25) is 11.8 Å². The van der Waals surface area contributed by atoms with E-state index in [0.29, 0.717) is 18.9 Å². The summed E-state index contributed by atoms with van der Waals surface area (Å²) in [5.74, 6) is 0.728. The maximum absolute atomic E-state index is 11.8. The molecule has 5 nitrogen and oxygen atoms in total. The van der Waals surface area contributed by atoms with Crippen LogP contribution >= 0.6 is 0 Å². The molecule has 1 unspecified atom stereocenters. The lowest BCUT2D eigenvalue weighted by Crippen LogP contribution is -2.26. The molecule has 1 aromatic rings. The molecule has 0 aliphatic carbocycles. The molecule has 1 atom stereocenters. The Bertz CT molecular complexity index is 493. The summed E-state index contributed by atoms with van der Waals surface area (Å²) in [5.41, 5.74) is 1.94. The quantitative estimate of drug-likeness (QED) is 0.718. The topological polar surface area (TPSA) is 70.2 Å². The predicted molar refractivity (Wildman–Crippen MR) is 87.7 cm³/mol. The molecule has 1 saturated heterocycles. The second kappa shape index (κ2) is 8.54. The van der Waals surface area contributed by atoms with Gasteiger partial charge in [0.25, 0.3) is 0 Å². The summed E-state index contributed by atoms with van der Waals surface area (Å²) in [7, 11) is 0. The van der Waals surface area contributed by atoms with E-state index in [2.05, 4.69) is 16.0 Å². The van der Waals surface area contributed by atoms with Crippen molar-refractivity contribution in [3.05, 3.63) is 29.8 Å². The molecule has 5 heteroatoms. The van der Waals surface area contributed by atoms with Crippen molar-refractivity contribution in [1.82, 2.24) is 10.6 Å². The van der Waals surface area contributed by atoms with Gasteiger partial charge in [0.15, 0.2) is 0 Å². The molecule has 1 aliphatic heterocycles. The molecule has 0 spiro atoms. The number of benzene rings is 1. The molecule has 3 N–H and O–H groups in total. The van der Waals surface area contributed by atoms with E-state index in [-0.39, 0.29) is 11.8 Å². The van der Waals surface area contributed by atoms with Crippen LogP contribution < -0.4 is 16.0 Å². The van der Waals surface area contributed by atoms with Crippen LogP contribution in [0.5, 0.6) is 0 Å². The number of nitrogens with one attached hydrogen (secondary N) is 3. The van der Waals surface area contributed by atoms with Gasteiger partial charge in [-0.15, -0.1) is 0 Å². The van der Waals surface area contributed by atoms with Gasteiger partial charge in [0, 0.05) is 25.6 Å². The van der Waals surface area contributed by atoms with Crippen molar-refractivity contribution in [2.75, 3.05) is 25.0 Å². The number of carbonyl (C=O) groups is 2. The molecule has 1 heterocycles. The number of anilines is 1. The van der Waals surface area contributed by atoms with Crippen LogP contribution in [0.1, 0.15) is 31.7 Å². The van der Waals surface area contributed by atoms with Gasteiger partial charge in [-0.05, 0) is 56.0 Å². The minimum Gasteiger partial charge on any atom is -0.356 e. The van der Waals surface area contributed by atoms with E-state index in [1.807, 2.05) is 24.3 Å². The summed E-state index contributed by atoms with van der Waals surface area (Å²) in [6, 6.07) is 7.71. The van der Waals surface area contributed by atoms with Crippen LogP contribution in [0.15, 0.2) is 24.3 Å². The third kappa shape index (κ3) is 5.85. The molecule has 0 radical (unpaired) electrons. The summed E-state index contributed by atoms with van der Waals surface area (Å²) >= 11 is 0. The lowest BCUT2D eigenvalue weighted by atomic mass is 10.0. The zero-order valence-electron chi connectivity index (χ0n) is 13.2. The van der Waals surface area contributed by atoms with Crippen LogP contribution in [0, 0.1) is 5.92 Å². The minimum absolute atomic E-state index is 0.0718. The molecule has 120 valence electrons. The number of carbonyl (C=O) groups excluding carboxylic acids is 2. The first-order chi connectivity index (χ1) is 10.6. The van der Waals surface area contributed by atoms with Crippen LogP contribution in [-0.2, 0) is 16.0 Å². The second-order valence-electron chi connectivity index (χ2n) is 5.88. The van der Waals surface area contributed by atoms with E-state index >= 15 is 0 Å². The third-order valence-electron chi connectivity index (χ3n) is 3.95. The van der Waals surface area contributed by atoms with Gasteiger partial charge in [-0.2, -0.15) is 0 Å². The Labute approximate surface area is 131 Å². The lowest BCUT2D eigenvalue weighted by Gasteiger charge is -2.09. The second-order valence-corrected chi connectivity index (χ2v) is 5.88. The van der Waals surface area contributed by atoms with Gasteiger partial charge in [0.1, 0.15) is 0 Å². The lowest BCUT2D eigenvalue weighted by molar-refractivity contribution is -0.121. The molecule has 0 aromatic heterocycles. The highest BCUT2D eigenvalue weighted by atomic mass is 16.2. The highest BCUT2D eigenvalue weighted by molar-refractivity contribution is 5.88. The van der Waals surface area contributed by atoms with E-state index in [1.54, 1.807) is 0 Å². The molecule has 2 amide bonds. The Morgan fingerprint density at radius 1 is 1.27 bits per heavy atom. The van der Waals surface area contributed by atoms with Crippen molar-refractivity contribution in [1.29, 1.82) is 0 Å². The molecule has 1 aliphatic rings. The van der Waals surface area contributed by atoms with Crippen LogP contribution in [0.2, 0.25) is 0 Å². The highest BCUT2D eigenvalue weighted by Crippen LogP contribution is 2.14. The van der Waals surface area contributed by atoms with Crippen molar-refractivity contribution in [3.63, 3.8) is 0 Å². The first-order valence-corrected chi connectivity index (χ1v) is 7.97. The van der Waals surface area contributed by atoms with Gasteiger partial charge < -0.3 is 16.0 Å². The fraction of sp³-hybridized carbons (Fsp3) is 0.529. The van der Waals surface area contributed by atoms with Crippen LogP contribution in [-0.4, -0.2) is 31.4 Å². The highest BCUT2D eigenvalue weighted by Gasteiger charge is 2.15. The summed E-state index contributed by atoms with van der Waals surface area (Å²) in [6.07, 6.45) is 3.59. The average molecular weight is 303 g/mol. The summed E-state index contributed by atoms with van der Waals surface area (Å²) < 4.78 is 0. The summed E-state index contributed by atoms with van der Waals surface area (Å²) in [5, 5.41) is 9.03. The van der Waals surface area contributed by atoms with Crippen molar-refractivity contribution < 1.29 is 9.59 Å². The smallest absolute Gasteiger partial charge is 0.221 e. The molecule has 1 fully saturated rings. The van der Waals surface area contributed by atoms with E-state index < -0.39 is 0 Å².